The predicted molar refractivity (Wildman–Crippen MR) is 72.9 cm³/mol. The third kappa shape index (κ3) is 2.88. The Bertz CT molecular complexity index is 343. The maximum absolute atomic E-state index is 5.82. The van der Waals surface area contributed by atoms with Gasteiger partial charge < -0.3 is 10.5 Å². The molecule has 2 unspecified atom stereocenters. The molecule has 1 aliphatic rings. The summed E-state index contributed by atoms with van der Waals surface area (Å²) in [5.74, 6) is 0. The topological polar surface area (TPSA) is 38.5 Å². The van der Waals surface area contributed by atoms with Crippen molar-refractivity contribution in [2.45, 2.75) is 19.1 Å². The highest BCUT2D eigenvalue weighted by atomic mass is 79.9. The van der Waals surface area contributed by atoms with Crippen molar-refractivity contribution in [1.29, 1.82) is 0 Å². The summed E-state index contributed by atoms with van der Waals surface area (Å²) in [7, 11) is 0. The maximum Gasteiger partial charge on any atom is 0.0894 e. The van der Waals surface area contributed by atoms with Gasteiger partial charge in [-0.3, -0.25) is 4.90 Å². The Balaban J connectivity index is 2.26. The fourth-order valence-corrected chi connectivity index (χ4v) is 2.69. The third-order valence-corrected chi connectivity index (χ3v) is 3.83. The van der Waals surface area contributed by atoms with Crippen LogP contribution >= 0.6 is 15.9 Å². The van der Waals surface area contributed by atoms with Gasteiger partial charge in [0.25, 0.3) is 0 Å². The van der Waals surface area contributed by atoms with Gasteiger partial charge in [0.1, 0.15) is 0 Å². The van der Waals surface area contributed by atoms with Crippen molar-refractivity contribution in [2.24, 2.45) is 5.73 Å². The summed E-state index contributed by atoms with van der Waals surface area (Å²) in [4.78, 5) is 2.43. The molecule has 17 heavy (non-hydrogen) atoms. The lowest BCUT2D eigenvalue weighted by molar-refractivity contribution is -0.0658. The van der Waals surface area contributed by atoms with Gasteiger partial charge >= 0.3 is 0 Å². The monoisotopic (exact) mass is 298 g/mol. The smallest absolute Gasteiger partial charge is 0.0894 e. The van der Waals surface area contributed by atoms with Crippen molar-refractivity contribution in [1.82, 2.24) is 4.90 Å². The van der Waals surface area contributed by atoms with Gasteiger partial charge in [-0.05, 0) is 24.2 Å². The summed E-state index contributed by atoms with van der Waals surface area (Å²) in [6.45, 7) is 5.54. The standard InChI is InChI=1S/C13H19BrN2O/c1-2-16-7-8-17-12(9-15)13(16)10-3-5-11(14)6-4-10/h3-6,12-13H,2,7-9,15H2,1H3. The zero-order chi connectivity index (χ0) is 12.3. The number of likely N-dealkylation sites (N-methyl/N-ethyl adjacent to an activating group) is 1. The van der Waals surface area contributed by atoms with E-state index in [1.807, 2.05) is 0 Å². The highest BCUT2D eigenvalue weighted by molar-refractivity contribution is 9.10. The number of rotatable bonds is 3. The Morgan fingerprint density at radius 2 is 2.12 bits per heavy atom. The molecule has 0 saturated carbocycles. The van der Waals surface area contributed by atoms with Crippen molar-refractivity contribution >= 4 is 15.9 Å². The molecule has 2 rings (SSSR count). The van der Waals surface area contributed by atoms with E-state index in [0.29, 0.717) is 6.54 Å². The number of halogens is 1. The average molecular weight is 299 g/mol. The predicted octanol–water partition coefficient (Wildman–Crippen LogP) is 2.17. The minimum atomic E-state index is 0.102. The fraction of sp³-hybridized carbons (Fsp3) is 0.538. The summed E-state index contributed by atoms with van der Waals surface area (Å²) in [5.41, 5.74) is 7.10. The number of hydrogen-bond acceptors (Lipinski definition) is 3. The lowest BCUT2D eigenvalue weighted by Gasteiger charge is -2.40. The van der Waals surface area contributed by atoms with Crippen LogP contribution in [0, 0.1) is 0 Å². The molecule has 1 saturated heterocycles. The van der Waals surface area contributed by atoms with Gasteiger partial charge in [-0.2, -0.15) is 0 Å². The molecule has 0 radical (unpaired) electrons. The van der Waals surface area contributed by atoms with Crippen LogP contribution in [0.5, 0.6) is 0 Å². The first-order chi connectivity index (χ1) is 8.26. The summed E-state index contributed by atoms with van der Waals surface area (Å²) < 4.78 is 6.88. The van der Waals surface area contributed by atoms with E-state index in [1.54, 1.807) is 0 Å². The summed E-state index contributed by atoms with van der Waals surface area (Å²) in [5, 5.41) is 0. The van der Waals surface area contributed by atoms with Crippen molar-refractivity contribution in [3.8, 4) is 0 Å². The third-order valence-electron chi connectivity index (χ3n) is 3.31. The van der Waals surface area contributed by atoms with E-state index in [0.717, 1.165) is 24.2 Å². The Kier molecular flexibility index (Phi) is 4.56. The van der Waals surface area contributed by atoms with Crippen LogP contribution in [0.2, 0.25) is 0 Å². The molecule has 1 aliphatic heterocycles. The van der Waals surface area contributed by atoms with Crippen molar-refractivity contribution < 1.29 is 4.74 Å². The first-order valence-corrected chi connectivity index (χ1v) is 6.86. The van der Waals surface area contributed by atoms with Gasteiger partial charge in [0, 0.05) is 17.6 Å². The second kappa shape index (κ2) is 5.96. The van der Waals surface area contributed by atoms with Gasteiger partial charge in [0.2, 0.25) is 0 Å². The van der Waals surface area contributed by atoms with Crippen molar-refractivity contribution in [2.75, 3.05) is 26.2 Å². The zero-order valence-corrected chi connectivity index (χ0v) is 11.7. The molecule has 0 aliphatic carbocycles. The van der Waals surface area contributed by atoms with Crippen LogP contribution < -0.4 is 5.73 Å². The highest BCUT2D eigenvalue weighted by Gasteiger charge is 2.31. The zero-order valence-electron chi connectivity index (χ0n) is 10.1. The van der Waals surface area contributed by atoms with Gasteiger partial charge in [0.05, 0.1) is 18.8 Å². The first-order valence-electron chi connectivity index (χ1n) is 6.07. The van der Waals surface area contributed by atoms with E-state index in [2.05, 4.69) is 52.0 Å². The number of nitrogens with zero attached hydrogens (tertiary/aromatic N) is 1. The molecule has 3 nitrogen and oxygen atoms in total. The molecule has 1 aromatic carbocycles. The molecule has 4 heteroatoms. The minimum Gasteiger partial charge on any atom is -0.374 e. The molecule has 94 valence electrons. The molecule has 1 fully saturated rings. The molecule has 0 bridgehead atoms. The molecule has 1 aromatic rings. The lowest BCUT2D eigenvalue weighted by Crippen LogP contribution is -2.48. The Morgan fingerprint density at radius 3 is 2.71 bits per heavy atom. The van der Waals surface area contributed by atoms with E-state index in [9.17, 15) is 0 Å². The number of morpholine rings is 1. The summed E-state index contributed by atoms with van der Waals surface area (Å²) >= 11 is 3.46. The van der Waals surface area contributed by atoms with Crippen molar-refractivity contribution in [3.05, 3.63) is 34.3 Å². The van der Waals surface area contributed by atoms with Crippen LogP contribution in [0.3, 0.4) is 0 Å². The molecule has 0 aromatic heterocycles. The molecule has 0 spiro atoms. The number of hydrogen-bond donors (Lipinski definition) is 1. The van der Waals surface area contributed by atoms with E-state index in [-0.39, 0.29) is 12.1 Å². The van der Waals surface area contributed by atoms with Crippen LogP contribution in [0.25, 0.3) is 0 Å². The molecule has 1 heterocycles. The second-order valence-corrected chi connectivity index (χ2v) is 5.19. The maximum atomic E-state index is 5.82. The number of ether oxygens (including phenoxy) is 1. The normalized spacial score (nSPS) is 26.1. The summed E-state index contributed by atoms with van der Waals surface area (Å²) in [6, 6.07) is 8.73. The van der Waals surface area contributed by atoms with Crippen LogP contribution in [-0.2, 0) is 4.74 Å². The van der Waals surface area contributed by atoms with Crippen LogP contribution in [0.15, 0.2) is 28.7 Å². The van der Waals surface area contributed by atoms with E-state index >= 15 is 0 Å². The van der Waals surface area contributed by atoms with Crippen molar-refractivity contribution in [3.63, 3.8) is 0 Å². The van der Waals surface area contributed by atoms with Crippen LogP contribution in [-0.4, -0.2) is 37.2 Å². The number of nitrogens with two attached hydrogens (primary N) is 1. The Hall–Kier alpha value is -0.420. The van der Waals surface area contributed by atoms with E-state index in [4.69, 9.17) is 10.5 Å². The van der Waals surface area contributed by atoms with Crippen LogP contribution in [0.4, 0.5) is 0 Å². The lowest BCUT2D eigenvalue weighted by atomic mass is 9.98. The Labute approximate surface area is 111 Å². The molecule has 0 amide bonds. The average Bonchev–Trinajstić information content (AvgIpc) is 2.38. The van der Waals surface area contributed by atoms with Gasteiger partial charge in [-0.25, -0.2) is 0 Å². The van der Waals surface area contributed by atoms with Gasteiger partial charge in [-0.15, -0.1) is 0 Å². The second-order valence-electron chi connectivity index (χ2n) is 4.27. The Morgan fingerprint density at radius 1 is 1.41 bits per heavy atom. The van der Waals surface area contributed by atoms with E-state index < -0.39 is 0 Å². The van der Waals surface area contributed by atoms with Crippen LogP contribution in [0.1, 0.15) is 18.5 Å². The van der Waals surface area contributed by atoms with E-state index in [1.165, 1.54) is 5.56 Å². The molecular weight excluding hydrogens is 280 g/mol. The van der Waals surface area contributed by atoms with Gasteiger partial charge in [0.15, 0.2) is 0 Å². The van der Waals surface area contributed by atoms with Gasteiger partial charge in [-0.1, -0.05) is 35.0 Å². The largest absolute Gasteiger partial charge is 0.374 e. The SMILES string of the molecule is CCN1CCOC(CN)C1c1ccc(Br)cc1. The summed E-state index contributed by atoms with van der Waals surface area (Å²) in [6.07, 6.45) is 0.102. The minimum absolute atomic E-state index is 0.102. The number of benzene rings is 1. The molecule has 2 N–H and O–H groups in total. The molecule has 2 atom stereocenters. The highest BCUT2D eigenvalue weighted by Crippen LogP contribution is 2.29. The molecular formula is C13H19BrN2O. The fourth-order valence-electron chi connectivity index (χ4n) is 2.42. The quantitative estimate of drug-likeness (QED) is 0.929. The first kappa shape index (κ1) is 13.0.